The third-order valence-corrected chi connectivity index (χ3v) is 4.62. The molecule has 4 heterocycles. The Bertz CT molecular complexity index is 866. The van der Waals surface area contributed by atoms with Gasteiger partial charge in [-0.05, 0) is 44.1 Å². The van der Waals surface area contributed by atoms with E-state index in [9.17, 15) is 4.79 Å². The zero-order valence-corrected chi connectivity index (χ0v) is 15.8. The van der Waals surface area contributed by atoms with E-state index in [2.05, 4.69) is 10.3 Å². The van der Waals surface area contributed by atoms with Crippen molar-refractivity contribution in [2.75, 3.05) is 19.8 Å². The summed E-state index contributed by atoms with van der Waals surface area (Å²) in [7, 11) is 0. The molecule has 0 aliphatic carbocycles. The number of carbonyl (C=O) groups excluding carboxylic acids is 1. The van der Waals surface area contributed by atoms with E-state index in [1.807, 2.05) is 48.5 Å². The molecule has 146 valence electrons. The Balaban J connectivity index is 1.47. The van der Waals surface area contributed by atoms with Crippen molar-refractivity contribution in [1.29, 1.82) is 0 Å². The summed E-state index contributed by atoms with van der Waals surface area (Å²) in [4.78, 5) is 18.7. The van der Waals surface area contributed by atoms with Crippen LogP contribution in [-0.4, -0.2) is 41.7 Å². The Hall–Kier alpha value is -3.06. The highest BCUT2D eigenvalue weighted by atomic mass is 16.5. The molecule has 0 bridgehead atoms. The van der Waals surface area contributed by atoms with Crippen LogP contribution in [0, 0.1) is 0 Å². The van der Waals surface area contributed by atoms with E-state index >= 15 is 0 Å². The van der Waals surface area contributed by atoms with Crippen LogP contribution in [0.1, 0.15) is 19.8 Å². The molecule has 3 aliphatic rings. The van der Waals surface area contributed by atoms with Gasteiger partial charge in [0.2, 0.25) is 5.91 Å². The molecule has 7 nitrogen and oxygen atoms in total. The van der Waals surface area contributed by atoms with Crippen molar-refractivity contribution in [3.63, 3.8) is 0 Å². The number of pyridine rings is 1. The van der Waals surface area contributed by atoms with Crippen LogP contribution in [0.15, 0.2) is 66.0 Å². The number of fused-ring (bicyclic) bond motifs is 1. The normalized spacial score (nSPS) is 20.7. The molecule has 4 rings (SSSR count). The number of allylic oxidation sites excluding steroid dienone is 3. The summed E-state index contributed by atoms with van der Waals surface area (Å²) in [5.41, 5.74) is 1.70. The van der Waals surface area contributed by atoms with Crippen LogP contribution < -0.4 is 14.8 Å². The summed E-state index contributed by atoms with van der Waals surface area (Å²) in [5.74, 6) is 1.56. The Morgan fingerprint density at radius 3 is 3.14 bits per heavy atom. The average molecular weight is 381 g/mol. The second-order valence-corrected chi connectivity index (χ2v) is 6.64. The second-order valence-electron chi connectivity index (χ2n) is 6.64. The molecule has 1 unspecified atom stereocenters. The SMILES string of the molecule is CCOc1cccnc1OC1=CN2C=C(C(=O)NC3CCOC3)CC=C2C=C1. The number of carbonyl (C=O) groups is 1. The highest BCUT2D eigenvalue weighted by Gasteiger charge is 2.23. The maximum atomic E-state index is 12.5. The predicted molar refractivity (Wildman–Crippen MR) is 103 cm³/mol. The lowest BCUT2D eigenvalue weighted by molar-refractivity contribution is -0.118. The van der Waals surface area contributed by atoms with Crippen LogP contribution in [0.3, 0.4) is 0 Å². The third-order valence-electron chi connectivity index (χ3n) is 4.62. The summed E-state index contributed by atoms with van der Waals surface area (Å²) in [5, 5.41) is 3.03. The van der Waals surface area contributed by atoms with Gasteiger partial charge in [0.1, 0.15) is 5.76 Å². The molecular weight excluding hydrogens is 358 g/mol. The van der Waals surface area contributed by atoms with E-state index in [1.54, 1.807) is 12.3 Å². The molecule has 7 heteroatoms. The van der Waals surface area contributed by atoms with Gasteiger partial charge in [0.05, 0.1) is 25.5 Å². The van der Waals surface area contributed by atoms with Gasteiger partial charge in [0, 0.05) is 30.3 Å². The van der Waals surface area contributed by atoms with E-state index in [-0.39, 0.29) is 11.9 Å². The number of ether oxygens (including phenoxy) is 3. The van der Waals surface area contributed by atoms with E-state index in [4.69, 9.17) is 14.2 Å². The molecule has 1 aromatic heterocycles. The maximum absolute atomic E-state index is 12.5. The summed E-state index contributed by atoms with van der Waals surface area (Å²) in [6.45, 7) is 3.72. The second kappa shape index (κ2) is 8.31. The van der Waals surface area contributed by atoms with Crippen molar-refractivity contribution < 1.29 is 19.0 Å². The number of amides is 1. The number of nitrogens with zero attached hydrogens (tertiary/aromatic N) is 2. The van der Waals surface area contributed by atoms with E-state index in [0.717, 1.165) is 12.1 Å². The first-order valence-corrected chi connectivity index (χ1v) is 9.46. The maximum Gasteiger partial charge on any atom is 0.262 e. The molecule has 0 saturated carbocycles. The van der Waals surface area contributed by atoms with Gasteiger partial charge in [-0.3, -0.25) is 4.79 Å². The number of rotatable bonds is 6. The fourth-order valence-electron chi connectivity index (χ4n) is 3.20. The predicted octanol–water partition coefficient (Wildman–Crippen LogP) is 2.65. The fraction of sp³-hybridized carbons (Fsp3) is 0.333. The fourth-order valence-corrected chi connectivity index (χ4v) is 3.20. The monoisotopic (exact) mass is 381 g/mol. The van der Waals surface area contributed by atoms with Crippen LogP contribution in [0.5, 0.6) is 11.6 Å². The summed E-state index contributed by atoms with van der Waals surface area (Å²) in [6, 6.07) is 3.72. The smallest absolute Gasteiger partial charge is 0.262 e. The van der Waals surface area contributed by atoms with Gasteiger partial charge in [-0.2, -0.15) is 0 Å². The number of nitrogens with one attached hydrogen (secondary N) is 1. The Kier molecular flexibility index (Phi) is 5.43. The van der Waals surface area contributed by atoms with Gasteiger partial charge in [0.25, 0.3) is 5.88 Å². The molecule has 0 aromatic carbocycles. The van der Waals surface area contributed by atoms with E-state index in [1.165, 1.54) is 0 Å². The minimum Gasteiger partial charge on any atom is -0.488 e. The molecule has 0 spiro atoms. The molecule has 1 N–H and O–H groups in total. The highest BCUT2D eigenvalue weighted by Crippen LogP contribution is 2.29. The molecule has 1 atom stereocenters. The first kappa shape index (κ1) is 18.3. The van der Waals surface area contributed by atoms with Gasteiger partial charge < -0.3 is 24.4 Å². The lowest BCUT2D eigenvalue weighted by atomic mass is 10.1. The molecule has 3 aliphatic heterocycles. The molecule has 28 heavy (non-hydrogen) atoms. The van der Waals surface area contributed by atoms with Crippen LogP contribution in [-0.2, 0) is 9.53 Å². The largest absolute Gasteiger partial charge is 0.488 e. The van der Waals surface area contributed by atoms with Crippen LogP contribution in [0.2, 0.25) is 0 Å². The zero-order valence-electron chi connectivity index (χ0n) is 15.8. The van der Waals surface area contributed by atoms with Gasteiger partial charge >= 0.3 is 0 Å². The summed E-state index contributed by atoms with van der Waals surface area (Å²) < 4.78 is 16.8. The van der Waals surface area contributed by atoms with Crippen molar-refractivity contribution in [3.8, 4) is 11.6 Å². The lowest BCUT2D eigenvalue weighted by Gasteiger charge is -2.27. The van der Waals surface area contributed by atoms with Crippen molar-refractivity contribution in [2.45, 2.75) is 25.8 Å². The van der Waals surface area contributed by atoms with Gasteiger partial charge in [-0.1, -0.05) is 6.08 Å². The Morgan fingerprint density at radius 2 is 2.32 bits per heavy atom. The van der Waals surface area contributed by atoms with Crippen LogP contribution >= 0.6 is 0 Å². The van der Waals surface area contributed by atoms with Crippen LogP contribution in [0.4, 0.5) is 0 Å². The number of hydrogen-bond acceptors (Lipinski definition) is 6. The van der Waals surface area contributed by atoms with Crippen molar-refractivity contribution in [2.24, 2.45) is 0 Å². The van der Waals surface area contributed by atoms with Crippen molar-refractivity contribution >= 4 is 5.91 Å². The lowest BCUT2D eigenvalue weighted by Crippen LogP contribution is -2.37. The highest BCUT2D eigenvalue weighted by molar-refractivity contribution is 5.94. The average Bonchev–Trinajstić information content (AvgIpc) is 3.22. The Labute approximate surface area is 164 Å². The van der Waals surface area contributed by atoms with Crippen LogP contribution in [0.25, 0.3) is 0 Å². The van der Waals surface area contributed by atoms with E-state index < -0.39 is 0 Å². The molecule has 1 fully saturated rings. The first-order chi connectivity index (χ1) is 13.7. The molecule has 1 amide bonds. The third kappa shape index (κ3) is 4.09. The quantitative estimate of drug-likeness (QED) is 0.817. The summed E-state index contributed by atoms with van der Waals surface area (Å²) >= 11 is 0. The minimum absolute atomic E-state index is 0.0559. The molecule has 1 saturated heterocycles. The van der Waals surface area contributed by atoms with Gasteiger partial charge in [-0.25, -0.2) is 4.98 Å². The molecule has 0 radical (unpaired) electrons. The molecular formula is C21H23N3O4. The van der Waals surface area contributed by atoms with Crippen molar-refractivity contribution in [1.82, 2.24) is 15.2 Å². The standard InChI is InChI=1S/C21H23N3O4/c1-2-27-19-4-3-10-22-21(19)28-18-8-7-17-6-5-15(12-24(17)13-18)20(25)23-16-9-11-26-14-16/h3-4,6-8,10,12-13,16H,2,5,9,11,14H2,1H3,(H,23,25). The summed E-state index contributed by atoms with van der Waals surface area (Å²) in [6.07, 6.45) is 12.6. The van der Waals surface area contributed by atoms with E-state index in [0.29, 0.717) is 49.2 Å². The number of aromatic nitrogens is 1. The van der Waals surface area contributed by atoms with Crippen molar-refractivity contribution in [3.05, 3.63) is 66.0 Å². The Morgan fingerprint density at radius 1 is 1.39 bits per heavy atom. The topological polar surface area (TPSA) is 72.9 Å². The van der Waals surface area contributed by atoms with Gasteiger partial charge in [0.15, 0.2) is 5.75 Å². The first-order valence-electron chi connectivity index (χ1n) is 9.46. The zero-order chi connectivity index (χ0) is 19.3. The minimum atomic E-state index is -0.0559. The van der Waals surface area contributed by atoms with Gasteiger partial charge in [-0.15, -0.1) is 0 Å². The molecule has 1 aromatic rings. The number of hydrogen-bond donors (Lipinski definition) is 1.